The molecular formula is C13H20N4O. The summed E-state index contributed by atoms with van der Waals surface area (Å²) < 4.78 is 0. The predicted molar refractivity (Wildman–Crippen MR) is 72.4 cm³/mol. The average molecular weight is 248 g/mol. The molecule has 2 rings (SSSR count). The quantitative estimate of drug-likeness (QED) is 0.824. The average Bonchev–Trinajstić information content (AvgIpc) is 3.10. The van der Waals surface area contributed by atoms with Crippen LogP contribution in [-0.2, 0) is 0 Å². The number of pyridine rings is 1. The van der Waals surface area contributed by atoms with E-state index in [1.807, 2.05) is 0 Å². The van der Waals surface area contributed by atoms with E-state index in [0.29, 0.717) is 23.2 Å². The van der Waals surface area contributed by atoms with Crippen LogP contribution < -0.4 is 16.4 Å². The maximum Gasteiger partial charge on any atom is 0.250 e. The Morgan fingerprint density at radius 2 is 2.22 bits per heavy atom. The molecule has 0 saturated heterocycles. The highest BCUT2D eigenvalue weighted by Crippen LogP contribution is 2.32. The summed E-state index contributed by atoms with van der Waals surface area (Å²) in [7, 11) is 0. The van der Waals surface area contributed by atoms with E-state index in [9.17, 15) is 4.79 Å². The van der Waals surface area contributed by atoms with E-state index in [-0.39, 0.29) is 0 Å². The van der Waals surface area contributed by atoms with Crippen LogP contribution in [0.2, 0.25) is 0 Å². The Bertz CT molecular complexity index is 454. The van der Waals surface area contributed by atoms with E-state index >= 15 is 0 Å². The molecule has 5 heteroatoms. The zero-order valence-electron chi connectivity index (χ0n) is 10.9. The highest BCUT2D eigenvalue weighted by molar-refractivity contribution is 5.98. The molecule has 1 aliphatic carbocycles. The van der Waals surface area contributed by atoms with Crippen LogP contribution in [0.15, 0.2) is 12.3 Å². The van der Waals surface area contributed by atoms with Crippen molar-refractivity contribution < 1.29 is 4.79 Å². The van der Waals surface area contributed by atoms with Gasteiger partial charge in [-0.2, -0.15) is 0 Å². The van der Waals surface area contributed by atoms with Gasteiger partial charge in [0.1, 0.15) is 5.82 Å². The summed E-state index contributed by atoms with van der Waals surface area (Å²) in [6.07, 6.45) is 3.89. The maximum absolute atomic E-state index is 11.3. The lowest BCUT2D eigenvalue weighted by Gasteiger charge is -2.26. The Morgan fingerprint density at radius 3 is 2.72 bits per heavy atom. The number of hydrogen-bond donors (Lipinski definition) is 2. The van der Waals surface area contributed by atoms with Gasteiger partial charge in [-0.1, -0.05) is 13.8 Å². The van der Waals surface area contributed by atoms with Crippen LogP contribution >= 0.6 is 0 Å². The summed E-state index contributed by atoms with van der Waals surface area (Å²) in [4.78, 5) is 17.9. The van der Waals surface area contributed by atoms with Crippen molar-refractivity contribution in [3.8, 4) is 0 Å². The number of amides is 1. The maximum atomic E-state index is 11.3. The summed E-state index contributed by atoms with van der Waals surface area (Å²) in [5.41, 5.74) is 11.7. The number of anilines is 2. The number of nitrogen functional groups attached to an aromatic ring is 1. The molecule has 0 spiro atoms. The van der Waals surface area contributed by atoms with Crippen molar-refractivity contribution in [2.75, 3.05) is 17.2 Å². The molecule has 0 unspecified atom stereocenters. The predicted octanol–water partition coefficient (Wildman–Crippen LogP) is 1.39. The summed E-state index contributed by atoms with van der Waals surface area (Å²) in [6.45, 7) is 5.27. The van der Waals surface area contributed by atoms with E-state index in [1.165, 1.54) is 19.0 Å². The minimum absolute atomic E-state index is 0.339. The standard InChI is InChI=1S/C13H20N4O/c1-8(2)7-17(9-3-4-9)12-5-10(13(15)18)11(14)6-16-12/h5-6,8-9H,3-4,7,14H2,1-2H3,(H2,15,18). The second-order valence-electron chi connectivity index (χ2n) is 5.27. The van der Waals surface area contributed by atoms with Gasteiger partial charge >= 0.3 is 0 Å². The van der Waals surface area contributed by atoms with Gasteiger partial charge in [-0.25, -0.2) is 4.98 Å². The van der Waals surface area contributed by atoms with Crippen molar-refractivity contribution >= 4 is 17.4 Å². The smallest absolute Gasteiger partial charge is 0.250 e. The molecule has 1 saturated carbocycles. The zero-order chi connectivity index (χ0) is 13.3. The monoisotopic (exact) mass is 248 g/mol. The van der Waals surface area contributed by atoms with Crippen LogP contribution in [0.5, 0.6) is 0 Å². The van der Waals surface area contributed by atoms with Gasteiger partial charge in [0.2, 0.25) is 0 Å². The van der Waals surface area contributed by atoms with E-state index in [0.717, 1.165) is 12.4 Å². The molecule has 18 heavy (non-hydrogen) atoms. The fraction of sp³-hybridized carbons (Fsp3) is 0.538. The van der Waals surface area contributed by atoms with Gasteiger partial charge in [0.25, 0.3) is 5.91 Å². The molecule has 5 nitrogen and oxygen atoms in total. The molecule has 1 heterocycles. The number of carbonyl (C=O) groups is 1. The number of rotatable bonds is 5. The first-order chi connectivity index (χ1) is 8.49. The van der Waals surface area contributed by atoms with Crippen LogP contribution in [0.3, 0.4) is 0 Å². The van der Waals surface area contributed by atoms with E-state index in [1.54, 1.807) is 6.07 Å². The molecule has 1 aromatic heterocycles. The van der Waals surface area contributed by atoms with E-state index in [4.69, 9.17) is 11.5 Å². The molecule has 0 radical (unpaired) electrons. The molecule has 0 aromatic carbocycles. The first-order valence-corrected chi connectivity index (χ1v) is 6.31. The molecule has 1 aliphatic rings. The van der Waals surface area contributed by atoms with Gasteiger partial charge in [-0.15, -0.1) is 0 Å². The summed E-state index contributed by atoms with van der Waals surface area (Å²) in [5.74, 6) is 0.840. The molecule has 1 aromatic rings. The molecule has 1 fully saturated rings. The Morgan fingerprint density at radius 1 is 1.56 bits per heavy atom. The summed E-state index contributed by atoms with van der Waals surface area (Å²) in [6, 6.07) is 2.25. The fourth-order valence-corrected chi connectivity index (χ4v) is 2.03. The lowest BCUT2D eigenvalue weighted by Crippen LogP contribution is -2.31. The van der Waals surface area contributed by atoms with Crippen molar-refractivity contribution in [2.24, 2.45) is 11.7 Å². The fourth-order valence-electron chi connectivity index (χ4n) is 2.03. The minimum atomic E-state index is -0.503. The van der Waals surface area contributed by atoms with Gasteiger partial charge in [-0.3, -0.25) is 4.79 Å². The van der Waals surface area contributed by atoms with Crippen molar-refractivity contribution in [2.45, 2.75) is 32.7 Å². The second-order valence-corrected chi connectivity index (χ2v) is 5.27. The molecule has 0 atom stereocenters. The molecule has 1 amide bonds. The molecule has 0 aliphatic heterocycles. The zero-order valence-corrected chi connectivity index (χ0v) is 10.9. The van der Waals surface area contributed by atoms with Crippen LogP contribution in [0.1, 0.15) is 37.0 Å². The van der Waals surface area contributed by atoms with Gasteiger partial charge in [-0.05, 0) is 24.8 Å². The third-order valence-electron chi connectivity index (χ3n) is 3.03. The highest BCUT2D eigenvalue weighted by atomic mass is 16.1. The third-order valence-corrected chi connectivity index (χ3v) is 3.03. The van der Waals surface area contributed by atoms with E-state index in [2.05, 4.69) is 23.7 Å². The SMILES string of the molecule is CC(C)CN(c1cc(C(N)=O)c(N)cn1)C1CC1. The van der Waals surface area contributed by atoms with Crippen molar-refractivity contribution in [1.29, 1.82) is 0 Å². The number of nitrogens with two attached hydrogens (primary N) is 2. The van der Waals surface area contributed by atoms with Crippen LogP contribution in [0.4, 0.5) is 11.5 Å². The van der Waals surface area contributed by atoms with Crippen LogP contribution in [0, 0.1) is 5.92 Å². The van der Waals surface area contributed by atoms with E-state index < -0.39 is 5.91 Å². The van der Waals surface area contributed by atoms with Crippen molar-refractivity contribution in [1.82, 2.24) is 4.98 Å². The Hall–Kier alpha value is -1.78. The molecule has 98 valence electrons. The number of hydrogen-bond acceptors (Lipinski definition) is 4. The Kier molecular flexibility index (Phi) is 3.41. The number of nitrogens with zero attached hydrogens (tertiary/aromatic N) is 2. The number of aromatic nitrogens is 1. The minimum Gasteiger partial charge on any atom is -0.397 e. The molecule has 4 N–H and O–H groups in total. The summed E-state index contributed by atoms with van der Waals surface area (Å²) in [5, 5.41) is 0. The lowest BCUT2D eigenvalue weighted by molar-refractivity contribution is 0.100. The third kappa shape index (κ3) is 2.72. The molecule has 0 bridgehead atoms. The first kappa shape index (κ1) is 12.7. The highest BCUT2D eigenvalue weighted by Gasteiger charge is 2.30. The molecular weight excluding hydrogens is 228 g/mol. The topological polar surface area (TPSA) is 85.2 Å². The largest absolute Gasteiger partial charge is 0.397 e. The van der Waals surface area contributed by atoms with Crippen LogP contribution in [-0.4, -0.2) is 23.5 Å². The number of primary amides is 1. The lowest BCUT2D eigenvalue weighted by atomic mass is 10.1. The van der Waals surface area contributed by atoms with Crippen molar-refractivity contribution in [3.63, 3.8) is 0 Å². The van der Waals surface area contributed by atoms with Gasteiger partial charge < -0.3 is 16.4 Å². The number of carbonyl (C=O) groups excluding carboxylic acids is 1. The van der Waals surface area contributed by atoms with Crippen molar-refractivity contribution in [3.05, 3.63) is 17.8 Å². The van der Waals surface area contributed by atoms with Gasteiger partial charge in [0.05, 0.1) is 17.4 Å². The van der Waals surface area contributed by atoms with Gasteiger partial charge in [0.15, 0.2) is 0 Å². The Balaban J connectivity index is 2.29. The van der Waals surface area contributed by atoms with Gasteiger partial charge in [0, 0.05) is 12.6 Å². The Labute approximate surface area is 107 Å². The summed E-state index contributed by atoms with van der Waals surface area (Å²) >= 11 is 0. The second kappa shape index (κ2) is 4.84. The normalized spacial score (nSPS) is 14.8. The first-order valence-electron chi connectivity index (χ1n) is 6.31. The van der Waals surface area contributed by atoms with Crippen LogP contribution in [0.25, 0.3) is 0 Å².